The zero-order chi connectivity index (χ0) is 20.9. The van der Waals surface area contributed by atoms with E-state index < -0.39 is 21.4 Å². The Morgan fingerprint density at radius 2 is 1.77 bits per heavy atom. The summed E-state index contributed by atoms with van der Waals surface area (Å²) in [5.41, 5.74) is 1.68. The van der Waals surface area contributed by atoms with Crippen molar-refractivity contribution in [3.05, 3.63) is 65.6 Å². The van der Waals surface area contributed by atoms with E-state index in [4.69, 9.17) is 4.74 Å². The molecule has 0 atom stereocenters. The van der Waals surface area contributed by atoms with Crippen LogP contribution in [0.5, 0.6) is 0 Å². The van der Waals surface area contributed by atoms with Gasteiger partial charge in [0.25, 0.3) is 5.91 Å². The van der Waals surface area contributed by atoms with Gasteiger partial charge in [-0.25, -0.2) is 17.5 Å². The maximum absolute atomic E-state index is 14.6. The van der Waals surface area contributed by atoms with Crippen molar-refractivity contribution in [3.8, 4) is 16.9 Å². The van der Waals surface area contributed by atoms with Gasteiger partial charge in [-0.3, -0.25) is 4.79 Å². The quantitative estimate of drug-likeness (QED) is 0.628. The first-order chi connectivity index (χ1) is 14.5. The molecule has 2 aromatic carbocycles. The lowest BCUT2D eigenvalue weighted by Crippen LogP contribution is -2.41. The molecule has 1 saturated heterocycles. The van der Waals surface area contributed by atoms with Crippen LogP contribution in [-0.2, 0) is 20.3 Å². The van der Waals surface area contributed by atoms with E-state index in [2.05, 4.69) is 5.10 Å². The van der Waals surface area contributed by atoms with E-state index in [1.807, 2.05) is 18.2 Å². The summed E-state index contributed by atoms with van der Waals surface area (Å²) in [6.07, 6.45) is 0. The topological polar surface area (TPSA) is 81.5 Å². The molecule has 3 heterocycles. The number of carbonyl (C=O) groups excluding carboxylic acids is 1. The average Bonchev–Trinajstić information content (AvgIpc) is 3.13. The first-order valence-corrected chi connectivity index (χ1v) is 11.2. The second-order valence-electron chi connectivity index (χ2n) is 7.20. The summed E-state index contributed by atoms with van der Waals surface area (Å²) in [6.45, 7) is 1.65. The molecular formula is C21H18FN3O4S. The Kier molecular flexibility index (Phi) is 4.44. The zero-order valence-electron chi connectivity index (χ0n) is 15.9. The summed E-state index contributed by atoms with van der Waals surface area (Å²) in [4.78, 5) is 14.5. The molecule has 7 nitrogen and oxygen atoms in total. The van der Waals surface area contributed by atoms with Crippen LogP contribution < -0.4 is 0 Å². The molecular weight excluding hydrogens is 409 g/mol. The summed E-state index contributed by atoms with van der Waals surface area (Å²) in [6, 6.07) is 13.2. The first-order valence-electron chi connectivity index (χ1n) is 9.53. The van der Waals surface area contributed by atoms with Gasteiger partial charge in [0, 0.05) is 24.2 Å². The molecule has 30 heavy (non-hydrogen) atoms. The monoisotopic (exact) mass is 427 g/mol. The van der Waals surface area contributed by atoms with Gasteiger partial charge in [0.15, 0.2) is 15.5 Å². The van der Waals surface area contributed by atoms with Crippen molar-refractivity contribution < 1.29 is 22.3 Å². The number of morpholine rings is 1. The Labute approximate surface area is 172 Å². The minimum Gasteiger partial charge on any atom is -0.378 e. The molecule has 0 saturated carbocycles. The number of ether oxygens (including phenoxy) is 1. The number of halogens is 1. The Bertz CT molecular complexity index is 1250. The van der Waals surface area contributed by atoms with Crippen molar-refractivity contribution in [2.24, 2.45) is 0 Å². The Balaban J connectivity index is 1.78. The average molecular weight is 427 g/mol. The number of hydrogen-bond acceptors (Lipinski definition) is 5. The van der Waals surface area contributed by atoms with E-state index in [1.165, 1.54) is 10.7 Å². The Hall–Kier alpha value is -3.04. The summed E-state index contributed by atoms with van der Waals surface area (Å²) in [5.74, 6) is -1.63. The van der Waals surface area contributed by atoms with Gasteiger partial charge in [0.05, 0.1) is 30.3 Å². The number of amides is 1. The minimum absolute atomic E-state index is 0.0780. The van der Waals surface area contributed by atoms with Gasteiger partial charge < -0.3 is 9.64 Å². The lowest BCUT2D eigenvalue weighted by atomic mass is 10.0. The van der Waals surface area contributed by atoms with Gasteiger partial charge in [-0.2, -0.15) is 5.10 Å². The molecule has 0 unspecified atom stereocenters. The Morgan fingerprint density at radius 1 is 1.03 bits per heavy atom. The number of sulfone groups is 1. The summed E-state index contributed by atoms with van der Waals surface area (Å²) < 4.78 is 47.3. The fourth-order valence-corrected chi connectivity index (χ4v) is 5.64. The van der Waals surface area contributed by atoms with Crippen LogP contribution in [0.2, 0.25) is 0 Å². The van der Waals surface area contributed by atoms with Crippen LogP contribution in [0.25, 0.3) is 16.9 Å². The Morgan fingerprint density at radius 3 is 2.50 bits per heavy atom. The highest BCUT2D eigenvalue weighted by molar-refractivity contribution is 7.91. The number of para-hydroxylation sites is 1. The van der Waals surface area contributed by atoms with Gasteiger partial charge in [-0.1, -0.05) is 30.3 Å². The van der Waals surface area contributed by atoms with E-state index in [0.29, 0.717) is 43.2 Å². The lowest BCUT2D eigenvalue weighted by Gasteiger charge is -2.26. The second kappa shape index (κ2) is 7.03. The van der Waals surface area contributed by atoms with E-state index in [-0.39, 0.29) is 22.1 Å². The lowest BCUT2D eigenvalue weighted by molar-refractivity contribution is 0.0298. The number of fused-ring (bicyclic) bond motifs is 3. The molecule has 154 valence electrons. The molecule has 1 fully saturated rings. The van der Waals surface area contributed by atoms with Gasteiger partial charge in [0.2, 0.25) is 0 Å². The van der Waals surface area contributed by atoms with Crippen LogP contribution in [0.1, 0.15) is 16.1 Å². The molecule has 0 spiro atoms. The maximum atomic E-state index is 14.6. The van der Waals surface area contributed by atoms with Crippen LogP contribution in [-0.4, -0.2) is 55.3 Å². The molecule has 9 heteroatoms. The summed E-state index contributed by atoms with van der Waals surface area (Å²) >= 11 is 0. The summed E-state index contributed by atoms with van der Waals surface area (Å²) in [5, 5.41) is 4.53. The van der Waals surface area contributed by atoms with Crippen molar-refractivity contribution >= 4 is 15.7 Å². The van der Waals surface area contributed by atoms with Gasteiger partial charge in [-0.15, -0.1) is 0 Å². The van der Waals surface area contributed by atoms with Gasteiger partial charge in [0.1, 0.15) is 10.7 Å². The highest BCUT2D eigenvalue weighted by Gasteiger charge is 2.38. The van der Waals surface area contributed by atoms with E-state index in [0.717, 1.165) is 6.07 Å². The third-order valence-corrected chi connectivity index (χ3v) is 7.06. The van der Waals surface area contributed by atoms with E-state index in [9.17, 15) is 17.6 Å². The maximum Gasteiger partial charge on any atom is 0.274 e. The minimum atomic E-state index is -3.97. The van der Waals surface area contributed by atoms with Gasteiger partial charge in [-0.05, 0) is 18.2 Å². The molecule has 5 rings (SSSR count). The molecule has 2 aliphatic heterocycles. The fourth-order valence-electron chi connectivity index (χ4n) is 3.98. The predicted molar refractivity (Wildman–Crippen MR) is 107 cm³/mol. The van der Waals surface area contributed by atoms with Crippen molar-refractivity contribution in [1.29, 1.82) is 0 Å². The first kappa shape index (κ1) is 19.0. The highest BCUT2D eigenvalue weighted by Crippen LogP contribution is 2.41. The van der Waals surface area contributed by atoms with Crippen LogP contribution in [0.3, 0.4) is 0 Å². The van der Waals surface area contributed by atoms with Crippen molar-refractivity contribution in [2.45, 2.75) is 10.6 Å². The van der Waals surface area contributed by atoms with Gasteiger partial charge >= 0.3 is 0 Å². The number of hydrogen-bond donors (Lipinski definition) is 0. The molecule has 0 N–H and O–H groups in total. The van der Waals surface area contributed by atoms with Crippen LogP contribution in [0.4, 0.5) is 4.39 Å². The molecule has 1 aromatic heterocycles. The van der Waals surface area contributed by atoms with E-state index in [1.54, 1.807) is 23.1 Å². The highest BCUT2D eigenvalue weighted by atomic mass is 32.2. The molecule has 2 aliphatic rings. The van der Waals surface area contributed by atoms with Crippen molar-refractivity contribution in [1.82, 2.24) is 14.7 Å². The fraction of sp³-hybridized carbons (Fsp3) is 0.238. The normalized spacial score (nSPS) is 17.3. The zero-order valence-corrected chi connectivity index (χ0v) is 16.7. The largest absolute Gasteiger partial charge is 0.378 e. The van der Waals surface area contributed by atoms with Crippen LogP contribution in [0, 0.1) is 5.82 Å². The standard InChI is InChI=1S/C21H18FN3O4S/c22-17-8-4-7-15-19-16(13-30(27,28)20(15)17)18(21(26)24-9-11-29-12-10-24)23-25(19)14-5-2-1-3-6-14/h1-8H,9-13H2. The predicted octanol–water partition coefficient (Wildman–Crippen LogP) is 2.44. The number of aromatic nitrogens is 2. The second-order valence-corrected chi connectivity index (χ2v) is 9.13. The molecule has 1 amide bonds. The number of benzene rings is 2. The molecule has 3 aromatic rings. The third kappa shape index (κ3) is 2.93. The van der Waals surface area contributed by atoms with E-state index >= 15 is 0 Å². The smallest absolute Gasteiger partial charge is 0.274 e. The van der Waals surface area contributed by atoms with Crippen LogP contribution >= 0.6 is 0 Å². The number of carbonyl (C=O) groups is 1. The van der Waals surface area contributed by atoms with Crippen molar-refractivity contribution in [3.63, 3.8) is 0 Å². The SMILES string of the molecule is O=C(c1nn(-c2ccccc2)c2c1CS(=O)(=O)c1c(F)cccc1-2)N1CCOCC1. The number of nitrogens with zero attached hydrogens (tertiary/aromatic N) is 3. The third-order valence-electron chi connectivity index (χ3n) is 5.35. The molecule has 0 radical (unpaired) electrons. The van der Waals surface area contributed by atoms with Crippen LogP contribution in [0.15, 0.2) is 53.4 Å². The summed E-state index contributed by atoms with van der Waals surface area (Å²) in [7, 11) is -3.97. The molecule has 0 bridgehead atoms. The number of rotatable bonds is 2. The molecule has 0 aliphatic carbocycles. The van der Waals surface area contributed by atoms with Crippen molar-refractivity contribution in [2.75, 3.05) is 26.3 Å².